The van der Waals surface area contributed by atoms with Crippen molar-refractivity contribution in [2.75, 3.05) is 29.5 Å². The molecule has 0 aromatic heterocycles. The van der Waals surface area contributed by atoms with Gasteiger partial charge in [-0.15, -0.1) is 0 Å². The van der Waals surface area contributed by atoms with Gasteiger partial charge in [-0.05, 0) is 34.1 Å². The summed E-state index contributed by atoms with van der Waals surface area (Å²) in [6, 6.07) is 5.54. The largest absolute Gasteiger partial charge is 0.369 e. The second-order valence-electron chi connectivity index (χ2n) is 3.73. The minimum atomic E-state index is -2.83. The molecule has 1 heterocycles. The van der Waals surface area contributed by atoms with Crippen LogP contribution in [0.25, 0.3) is 0 Å². The molecule has 0 N–H and O–H groups in total. The molecule has 3 nitrogen and oxygen atoms in total. The summed E-state index contributed by atoms with van der Waals surface area (Å²) < 4.78 is 23.5. The topological polar surface area (TPSA) is 37.4 Å². The summed E-state index contributed by atoms with van der Waals surface area (Å²) in [6.45, 7) is 1.09. The summed E-state index contributed by atoms with van der Waals surface area (Å²) in [6.07, 6.45) is 0. The van der Waals surface area contributed by atoms with E-state index in [-0.39, 0.29) is 11.5 Å². The zero-order valence-corrected chi connectivity index (χ0v) is 11.6. The van der Waals surface area contributed by atoms with Gasteiger partial charge in [-0.2, -0.15) is 0 Å². The lowest BCUT2D eigenvalue weighted by Crippen LogP contribution is -2.40. The van der Waals surface area contributed by atoms with Crippen molar-refractivity contribution in [1.82, 2.24) is 0 Å². The third-order valence-corrected chi connectivity index (χ3v) is 5.07. The van der Waals surface area contributed by atoms with Crippen LogP contribution in [0.3, 0.4) is 0 Å². The van der Waals surface area contributed by atoms with Gasteiger partial charge in [0.2, 0.25) is 0 Å². The van der Waals surface area contributed by atoms with Gasteiger partial charge in [-0.25, -0.2) is 8.42 Å². The van der Waals surface area contributed by atoms with Crippen LogP contribution >= 0.6 is 27.5 Å². The predicted molar refractivity (Wildman–Crippen MR) is 70.0 cm³/mol. The summed E-state index contributed by atoms with van der Waals surface area (Å²) in [7, 11) is -2.83. The average molecular weight is 325 g/mol. The number of hydrogen-bond acceptors (Lipinski definition) is 3. The zero-order chi connectivity index (χ0) is 11.8. The third-order valence-electron chi connectivity index (χ3n) is 2.59. The van der Waals surface area contributed by atoms with E-state index in [9.17, 15) is 8.42 Å². The lowest BCUT2D eigenvalue weighted by atomic mass is 10.3. The van der Waals surface area contributed by atoms with Crippen molar-refractivity contribution in [3.05, 3.63) is 27.7 Å². The Kier molecular flexibility index (Phi) is 3.47. The fourth-order valence-electron chi connectivity index (χ4n) is 1.69. The molecule has 1 fully saturated rings. The van der Waals surface area contributed by atoms with Crippen LogP contribution in [0.5, 0.6) is 0 Å². The minimum absolute atomic E-state index is 0.224. The molecule has 6 heteroatoms. The molecule has 0 radical (unpaired) electrons. The Morgan fingerprint density at radius 2 is 1.88 bits per heavy atom. The maximum atomic E-state index is 11.3. The number of hydrogen-bond donors (Lipinski definition) is 0. The molecule has 0 bridgehead atoms. The molecule has 0 amide bonds. The second kappa shape index (κ2) is 4.55. The molecule has 1 aromatic rings. The maximum Gasteiger partial charge on any atom is 0.153 e. The van der Waals surface area contributed by atoms with Gasteiger partial charge in [-0.3, -0.25) is 0 Å². The van der Waals surface area contributed by atoms with E-state index in [1.54, 1.807) is 0 Å². The lowest BCUT2D eigenvalue weighted by molar-refractivity contribution is 0.586. The van der Waals surface area contributed by atoms with Crippen LogP contribution in [-0.2, 0) is 9.84 Å². The van der Waals surface area contributed by atoms with Crippen molar-refractivity contribution in [2.45, 2.75) is 0 Å². The Morgan fingerprint density at radius 3 is 2.44 bits per heavy atom. The number of benzene rings is 1. The number of halogens is 2. The van der Waals surface area contributed by atoms with E-state index in [0.717, 1.165) is 10.2 Å². The summed E-state index contributed by atoms with van der Waals surface area (Å²) >= 11 is 9.29. The molecule has 0 saturated carbocycles. The molecule has 88 valence electrons. The molecule has 1 aliphatic rings. The lowest BCUT2D eigenvalue weighted by Gasteiger charge is -2.29. The van der Waals surface area contributed by atoms with E-state index in [0.29, 0.717) is 18.1 Å². The van der Waals surface area contributed by atoms with Crippen molar-refractivity contribution in [1.29, 1.82) is 0 Å². The van der Waals surface area contributed by atoms with Gasteiger partial charge in [-0.1, -0.05) is 11.6 Å². The fourth-order valence-corrected chi connectivity index (χ4v) is 3.83. The molecule has 1 saturated heterocycles. The van der Waals surface area contributed by atoms with E-state index in [4.69, 9.17) is 11.6 Å². The average Bonchev–Trinajstić information content (AvgIpc) is 2.19. The van der Waals surface area contributed by atoms with Crippen LogP contribution in [0.1, 0.15) is 0 Å². The number of sulfone groups is 1. The first-order chi connectivity index (χ1) is 7.48. The van der Waals surface area contributed by atoms with Gasteiger partial charge in [0.05, 0.1) is 17.2 Å². The monoisotopic (exact) mass is 323 g/mol. The molecule has 16 heavy (non-hydrogen) atoms. The smallest absolute Gasteiger partial charge is 0.153 e. The SMILES string of the molecule is O=S1(=O)CCN(c2ccc(Cl)cc2Br)CC1. The normalized spacial score (nSPS) is 19.8. The predicted octanol–water partition coefficient (Wildman–Crippen LogP) is 2.34. The highest BCUT2D eigenvalue weighted by atomic mass is 79.9. The van der Waals surface area contributed by atoms with Crippen molar-refractivity contribution in [2.24, 2.45) is 0 Å². The summed E-state index contributed by atoms with van der Waals surface area (Å²) in [5.41, 5.74) is 0.999. The first-order valence-corrected chi connectivity index (χ1v) is 7.88. The second-order valence-corrected chi connectivity index (χ2v) is 7.33. The van der Waals surface area contributed by atoms with Crippen LogP contribution in [0.2, 0.25) is 5.02 Å². The van der Waals surface area contributed by atoms with Gasteiger partial charge in [0.1, 0.15) is 0 Å². The highest BCUT2D eigenvalue weighted by Gasteiger charge is 2.22. The highest BCUT2D eigenvalue weighted by molar-refractivity contribution is 9.10. The van der Waals surface area contributed by atoms with Crippen molar-refractivity contribution >= 4 is 43.1 Å². The third kappa shape index (κ3) is 2.70. The quantitative estimate of drug-likeness (QED) is 0.796. The zero-order valence-electron chi connectivity index (χ0n) is 8.49. The molecule has 1 aliphatic heterocycles. The maximum absolute atomic E-state index is 11.3. The summed E-state index contributed by atoms with van der Waals surface area (Å²) in [5.74, 6) is 0.449. The van der Waals surface area contributed by atoms with E-state index in [2.05, 4.69) is 20.8 Å². The summed E-state index contributed by atoms with van der Waals surface area (Å²) in [4.78, 5) is 2.06. The van der Waals surface area contributed by atoms with Crippen LogP contribution < -0.4 is 4.90 Å². The van der Waals surface area contributed by atoms with E-state index in [1.165, 1.54) is 0 Å². The Labute approximate surface area is 108 Å². The summed E-state index contributed by atoms with van der Waals surface area (Å²) in [5, 5.41) is 0.667. The van der Waals surface area contributed by atoms with Gasteiger partial charge < -0.3 is 4.90 Å². The minimum Gasteiger partial charge on any atom is -0.369 e. The molecule has 2 rings (SSSR count). The van der Waals surface area contributed by atoms with E-state index < -0.39 is 9.84 Å². The number of nitrogens with zero attached hydrogens (tertiary/aromatic N) is 1. The molecular weight excluding hydrogens is 314 g/mol. The number of anilines is 1. The van der Waals surface area contributed by atoms with E-state index in [1.807, 2.05) is 18.2 Å². The first-order valence-electron chi connectivity index (χ1n) is 4.88. The Balaban J connectivity index is 2.20. The van der Waals surface area contributed by atoms with Crippen LogP contribution in [-0.4, -0.2) is 33.0 Å². The highest BCUT2D eigenvalue weighted by Crippen LogP contribution is 2.29. The van der Waals surface area contributed by atoms with Gasteiger partial charge in [0.15, 0.2) is 9.84 Å². The molecular formula is C10H11BrClNO2S. The molecule has 0 spiro atoms. The van der Waals surface area contributed by atoms with Gasteiger partial charge >= 0.3 is 0 Å². The number of rotatable bonds is 1. The van der Waals surface area contributed by atoms with Crippen molar-refractivity contribution in [3.63, 3.8) is 0 Å². The van der Waals surface area contributed by atoms with E-state index >= 15 is 0 Å². The fraction of sp³-hybridized carbons (Fsp3) is 0.400. The van der Waals surface area contributed by atoms with Crippen molar-refractivity contribution < 1.29 is 8.42 Å². The molecule has 0 unspecified atom stereocenters. The van der Waals surface area contributed by atoms with Crippen LogP contribution in [0.15, 0.2) is 22.7 Å². The Morgan fingerprint density at radius 1 is 1.25 bits per heavy atom. The molecule has 1 aromatic carbocycles. The first kappa shape index (κ1) is 12.2. The van der Waals surface area contributed by atoms with Gasteiger partial charge in [0.25, 0.3) is 0 Å². The van der Waals surface area contributed by atoms with Crippen LogP contribution in [0.4, 0.5) is 5.69 Å². The molecule has 0 atom stereocenters. The Hall–Kier alpha value is -0.260. The van der Waals surface area contributed by atoms with Crippen molar-refractivity contribution in [3.8, 4) is 0 Å². The van der Waals surface area contributed by atoms with Crippen LogP contribution in [0, 0.1) is 0 Å². The molecule has 0 aliphatic carbocycles. The Bertz CT molecular complexity index is 490. The standard InChI is InChI=1S/C10H11BrClNO2S/c11-9-7-8(12)1-2-10(9)13-3-5-16(14,15)6-4-13/h1-2,7H,3-6H2. The van der Waals surface area contributed by atoms with Gasteiger partial charge in [0, 0.05) is 22.6 Å².